The molecule has 0 saturated heterocycles. The van der Waals surface area contributed by atoms with Crippen molar-refractivity contribution < 1.29 is 4.74 Å². The van der Waals surface area contributed by atoms with Gasteiger partial charge in [0.25, 0.3) is 0 Å². The molecule has 0 aliphatic carbocycles. The SMILES string of the molecule is CN(C)CCOc1ccccc1CN=C(N)NCCc1ccccn1.I. The molecule has 7 heteroatoms. The monoisotopic (exact) mass is 469 g/mol. The molecule has 0 aliphatic heterocycles. The quantitative estimate of drug-likeness (QED) is 0.335. The molecule has 6 nitrogen and oxygen atoms in total. The molecule has 0 fully saturated rings. The number of hydrogen-bond acceptors (Lipinski definition) is 4. The first-order chi connectivity index (χ1) is 12.1. The Hall–Kier alpha value is -1.87. The molecule has 1 heterocycles. The maximum Gasteiger partial charge on any atom is 0.188 e. The molecule has 0 spiro atoms. The van der Waals surface area contributed by atoms with Crippen LogP contribution in [0.4, 0.5) is 0 Å². The normalized spacial score (nSPS) is 11.1. The van der Waals surface area contributed by atoms with E-state index in [1.807, 2.05) is 56.6 Å². The van der Waals surface area contributed by atoms with Gasteiger partial charge in [-0.3, -0.25) is 4.98 Å². The summed E-state index contributed by atoms with van der Waals surface area (Å²) in [6, 6.07) is 13.8. The lowest BCUT2D eigenvalue weighted by Gasteiger charge is -2.13. The van der Waals surface area contributed by atoms with Gasteiger partial charge in [0.05, 0.1) is 6.54 Å². The van der Waals surface area contributed by atoms with Crippen LogP contribution in [0.25, 0.3) is 0 Å². The number of aromatic nitrogens is 1. The summed E-state index contributed by atoms with van der Waals surface area (Å²) in [7, 11) is 4.05. The Kier molecular flexibility index (Phi) is 10.6. The lowest BCUT2D eigenvalue weighted by Crippen LogP contribution is -2.33. The number of para-hydroxylation sites is 1. The summed E-state index contributed by atoms with van der Waals surface area (Å²) >= 11 is 0. The van der Waals surface area contributed by atoms with Gasteiger partial charge < -0.3 is 20.7 Å². The van der Waals surface area contributed by atoms with Gasteiger partial charge in [0.15, 0.2) is 5.96 Å². The second-order valence-corrected chi connectivity index (χ2v) is 5.96. The van der Waals surface area contributed by atoms with Crippen LogP contribution < -0.4 is 15.8 Å². The lowest BCUT2D eigenvalue weighted by molar-refractivity contribution is 0.259. The Labute approximate surface area is 172 Å². The number of rotatable bonds is 9. The lowest BCUT2D eigenvalue weighted by atomic mass is 10.2. The fourth-order valence-corrected chi connectivity index (χ4v) is 2.20. The molecule has 26 heavy (non-hydrogen) atoms. The van der Waals surface area contributed by atoms with Crippen molar-refractivity contribution in [2.45, 2.75) is 13.0 Å². The molecule has 0 unspecified atom stereocenters. The summed E-state index contributed by atoms with van der Waals surface area (Å²) in [5.74, 6) is 1.29. The van der Waals surface area contributed by atoms with Crippen LogP contribution >= 0.6 is 24.0 Å². The summed E-state index contributed by atoms with van der Waals surface area (Å²) in [4.78, 5) is 10.8. The van der Waals surface area contributed by atoms with Crippen LogP contribution in [0.2, 0.25) is 0 Å². The van der Waals surface area contributed by atoms with Gasteiger partial charge in [0.1, 0.15) is 12.4 Å². The third-order valence-electron chi connectivity index (χ3n) is 3.60. The van der Waals surface area contributed by atoms with E-state index >= 15 is 0 Å². The predicted octanol–water partition coefficient (Wildman–Crippen LogP) is 2.29. The first-order valence-corrected chi connectivity index (χ1v) is 8.44. The number of halogens is 1. The zero-order valence-corrected chi connectivity index (χ0v) is 17.7. The molecule has 142 valence electrons. The zero-order chi connectivity index (χ0) is 17.9. The van der Waals surface area contributed by atoms with Crippen molar-refractivity contribution in [3.05, 3.63) is 59.9 Å². The number of pyridine rings is 1. The molecule has 0 saturated carbocycles. The summed E-state index contributed by atoms with van der Waals surface area (Å²) in [6.07, 6.45) is 2.60. The smallest absolute Gasteiger partial charge is 0.188 e. The number of benzene rings is 1. The average molecular weight is 469 g/mol. The average Bonchev–Trinajstić information content (AvgIpc) is 2.61. The minimum absolute atomic E-state index is 0. The van der Waals surface area contributed by atoms with Gasteiger partial charge >= 0.3 is 0 Å². The van der Waals surface area contributed by atoms with E-state index in [1.54, 1.807) is 6.20 Å². The second kappa shape index (κ2) is 12.5. The molecule has 1 aromatic heterocycles. The fourth-order valence-electron chi connectivity index (χ4n) is 2.20. The molecule has 0 amide bonds. The van der Waals surface area contributed by atoms with Crippen LogP contribution in [0.15, 0.2) is 53.7 Å². The van der Waals surface area contributed by atoms with Crippen LogP contribution in [0.3, 0.4) is 0 Å². The number of guanidine groups is 1. The molecule has 2 aromatic rings. The zero-order valence-electron chi connectivity index (χ0n) is 15.4. The molecule has 0 radical (unpaired) electrons. The summed E-state index contributed by atoms with van der Waals surface area (Å²) < 4.78 is 5.84. The minimum atomic E-state index is 0. The molecule has 2 rings (SSSR count). The van der Waals surface area contributed by atoms with Crippen LogP contribution in [-0.2, 0) is 13.0 Å². The van der Waals surface area contributed by atoms with Crippen molar-refractivity contribution in [3.63, 3.8) is 0 Å². The Morgan fingerprint density at radius 3 is 2.69 bits per heavy atom. The van der Waals surface area contributed by atoms with E-state index in [0.29, 0.717) is 25.7 Å². The number of nitrogens with one attached hydrogen (secondary N) is 1. The third-order valence-corrected chi connectivity index (χ3v) is 3.60. The van der Waals surface area contributed by atoms with Crippen LogP contribution in [0.1, 0.15) is 11.3 Å². The van der Waals surface area contributed by atoms with E-state index < -0.39 is 0 Å². The van der Waals surface area contributed by atoms with Crippen LogP contribution in [0, 0.1) is 0 Å². The Balaban J connectivity index is 0.00000338. The Bertz CT molecular complexity index is 664. The maximum atomic E-state index is 5.95. The minimum Gasteiger partial charge on any atom is -0.492 e. The summed E-state index contributed by atoms with van der Waals surface area (Å²) in [5, 5.41) is 3.12. The van der Waals surface area contributed by atoms with E-state index in [1.165, 1.54) is 0 Å². The summed E-state index contributed by atoms with van der Waals surface area (Å²) in [6.45, 7) is 2.70. The number of aliphatic imine (C=N–C) groups is 1. The highest BCUT2D eigenvalue weighted by atomic mass is 127. The van der Waals surface area contributed by atoms with E-state index in [9.17, 15) is 0 Å². The maximum absolute atomic E-state index is 5.95. The molecule has 0 atom stereocenters. The van der Waals surface area contributed by atoms with Gasteiger partial charge in [-0.1, -0.05) is 24.3 Å². The van der Waals surface area contributed by atoms with Gasteiger partial charge in [-0.15, -0.1) is 24.0 Å². The molecule has 0 aliphatic rings. The van der Waals surface area contributed by atoms with E-state index in [-0.39, 0.29) is 24.0 Å². The Morgan fingerprint density at radius 2 is 1.96 bits per heavy atom. The molecule has 0 bridgehead atoms. The summed E-state index contributed by atoms with van der Waals surface area (Å²) in [5.41, 5.74) is 8.00. The number of likely N-dealkylation sites (N-methyl/N-ethyl adjacent to an activating group) is 1. The van der Waals surface area contributed by atoms with Crippen molar-refractivity contribution in [3.8, 4) is 5.75 Å². The topological polar surface area (TPSA) is 75.8 Å². The first-order valence-electron chi connectivity index (χ1n) is 8.44. The molecular weight excluding hydrogens is 441 g/mol. The van der Waals surface area contributed by atoms with Gasteiger partial charge in [0, 0.05) is 37.0 Å². The standard InChI is InChI=1S/C19H27N5O.HI/c1-24(2)13-14-25-18-9-4-3-7-16(18)15-23-19(20)22-12-10-17-8-5-6-11-21-17;/h3-9,11H,10,12-15H2,1-2H3,(H3,20,22,23);1H. The number of nitrogens with two attached hydrogens (primary N) is 1. The van der Waals surface area contributed by atoms with Crippen molar-refractivity contribution in [1.82, 2.24) is 15.2 Å². The van der Waals surface area contributed by atoms with Crippen LogP contribution in [0.5, 0.6) is 5.75 Å². The highest BCUT2D eigenvalue weighted by Gasteiger charge is 2.03. The molecular formula is C19H28IN5O. The van der Waals surface area contributed by atoms with Crippen molar-refractivity contribution in [1.29, 1.82) is 0 Å². The van der Waals surface area contributed by atoms with Gasteiger partial charge in [-0.05, 0) is 32.3 Å². The highest BCUT2D eigenvalue weighted by molar-refractivity contribution is 14.0. The van der Waals surface area contributed by atoms with E-state index in [4.69, 9.17) is 10.5 Å². The van der Waals surface area contributed by atoms with Gasteiger partial charge in [-0.2, -0.15) is 0 Å². The van der Waals surface area contributed by atoms with Crippen molar-refractivity contribution in [2.24, 2.45) is 10.7 Å². The van der Waals surface area contributed by atoms with Crippen molar-refractivity contribution in [2.75, 3.05) is 33.8 Å². The molecule has 1 aromatic carbocycles. The second-order valence-electron chi connectivity index (χ2n) is 5.96. The number of hydrogen-bond donors (Lipinski definition) is 2. The Morgan fingerprint density at radius 1 is 1.19 bits per heavy atom. The number of ether oxygens (including phenoxy) is 1. The predicted molar refractivity (Wildman–Crippen MR) is 117 cm³/mol. The largest absolute Gasteiger partial charge is 0.492 e. The van der Waals surface area contributed by atoms with Crippen molar-refractivity contribution >= 4 is 29.9 Å². The first kappa shape index (κ1) is 22.2. The third kappa shape index (κ3) is 8.48. The van der Waals surface area contributed by atoms with Gasteiger partial charge in [0.2, 0.25) is 0 Å². The van der Waals surface area contributed by atoms with Crippen LogP contribution in [-0.4, -0.2) is 49.6 Å². The van der Waals surface area contributed by atoms with E-state index in [2.05, 4.69) is 20.2 Å². The van der Waals surface area contributed by atoms with E-state index in [0.717, 1.165) is 30.0 Å². The number of nitrogens with zero attached hydrogens (tertiary/aromatic N) is 3. The van der Waals surface area contributed by atoms with Gasteiger partial charge in [-0.25, -0.2) is 4.99 Å². The fraction of sp³-hybridized carbons (Fsp3) is 0.368. The molecule has 3 N–H and O–H groups in total. The highest BCUT2D eigenvalue weighted by Crippen LogP contribution is 2.18.